The predicted octanol–water partition coefficient (Wildman–Crippen LogP) is 0.347. The highest BCUT2D eigenvalue weighted by atomic mass is 16.6. The Kier molecular flexibility index (Phi) is 4.07. The lowest BCUT2D eigenvalue weighted by Gasteiger charge is -2.01. The van der Waals surface area contributed by atoms with E-state index in [1.54, 1.807) is 0 Å². The second-order valence-electron chi connectivity index (χ2n) is 1.48. The molecular weight excluding hydrogens is 104 g/mol. The molecule has 0 aliphatic carbocycles. The summed E-state index contributed by atoms with van der Waals surface area (Å²) < 4.78 is 0. The van der Waals surface area contributed by atoms with Crippen molar-refractivity contribution in [1.29, 1.82) is 0 Å². The molecule has 3 nitrogen and oxygen atoms in total. The van der Waals surface area contributed by atoms with Crippen molar-refractivity contribution in [2.75, 3.05) is 6.61 Å². The van der Waals surface area contributed by atoms with Gasteiger partial charge in [0.1, 0.15) is 5.82 Å². The smallest absolute Gasteiger partial charge is 0.113 e. The van der Waals surface area contributed by atoms with Crippen LogP contribution in [-0.4, -0.2) is 6.61 Å². The highest BCUT2D eigenvalue weighted by Gasteiger charge is 1.80. The van der Waals surface area contributed by atoms with Gasteiger partial charge in [-0.25, -0.2) is 0 Å². The summed E-state index contributed by atoms with van der Waals surface area (Å²) >= 11 is 0. The lowest BCUT2D eigenvalue weighted by Crippen LogP contribution is -2.19. The molecule has 0 spiro atoms. The molecule has 0 rings (SSSR count). The fraction of sp³-hybridized carbons (Fsp3) is 0.600. The summed E-state index contributed by atoms with van der Waals surface area (Å²) in [6.07, 6.45) is 0.972. The number of nitrogens with two attached hydrogens (primary N) is 1. The van der Waals surface area contributed by atoms with Gasteiger partial charge in [-0.3, -0.25) is 10.3 Å². The summed E-state index contributed by atoms with van der Waals surface area (Å²) in [5.41, 5.74) is 7.53. The molecule has 0 aromatic carbocycles. The molecule has 3 heteroatoms. The maximum Gasteiger partial charge on any atom is 0.113 e. The van der Waals surface area contributed by atoms with Gasteiger partial charge in [0.2, 0.25) is 0 Å². The average molecular weight is 116 g/mol. The minimum atomic E-state index is 0.346. The number of hydroxylamine groups is 1. The van der Waals surface area contributed by atoms with Crippen LogP contribution < -0.4 is 11.2 Å². The van der Waals surface area contributed by atoms with Crippen molar-refractivity contribution < 1.29 is 4.84 Å². The van der Waals surface area contributed by atoms with Crippen molar-refractivity contribution in [1.82, 2.24) is 5.48 Å². The van der Waals surface area contributed by atoms with E-state index in [-0.39, 0.29) is 0 Å². The Bertz CT molecular complexity index is 72.8. The fourth-order valence-corrected chi connectivity index (χ4v) is 0.246. The zero-order valence-electron chi connectivity index (χ0n) is 5.11. The minimum Gasteiger partial charge on any atom is -0.384 e. The molecule has 0 saturated carbocycles. The normalized spacial score (nSPS) is 8.62. The summed E-state index contributed by atoms with van der Waals surface area (Å²) in [7, 11) is 0. The third kappa shape index (κ3) is 5.30. The first-order chi connectivity index (χ1) is 3.77. The topological polar surface area (TPSA) is 47.3 Å². The van der Waals surface area contributed by atoms with Crippen LogP contribution in [0.25, 0.3) is 0 Å². The molecule has 0 aliphatic rings. The van der Waals surface area contributed by atoms with Crippen molar-refractivity contribution in [3.05, 3.63) is 12.4 Å². The van der Waals surface area contributed by atoms with Crippen LogP contribution in [0, 0.1) is 0 Å². The minimum absolute atomic E-state index is 0.346. The largest absolute Gasteiger partial charge is 0.384 e. The summed E-state index contributed by atoms with van der Waals surface area (Å²) in [5.74, 6) is 0.346. The average Bonchev–Trinajstić information content (AvgIpc) is 1.66. The summed E-state index contributed by atoms with van der Waals surface area (Å²) in [5, 5.41) is 0. The maximum absolute atomic E-state index is 5.10. The molecule has 0 fully saturated rings. The molecule has 0 unspecified atom stereocenters. The molecule has 0 saturated heterocycles. The van der Waals surface area contributed by atoms with Gasteiger partial charge < -0.3 is 5.73 Å². The quantitative estimate of drug-likeness (QED) is 0.411. The van der Waals surface area contributed by atoms with Gasteiger partial charge in [0.25, 0.3) is 0 Å². The Balaban J connectivity index is 2.82. The molecule has 0 amide bonds. The van der Waals surface area contributed by atoms with Crippen molar-refractivity contribution in [2.45, 2.75) is 13.3 Å². The second kappa shape index (κ2) is 4.46. The summed E-state index contributed by atoms with van der Waals surface area (Å²) in [4.78, 5) is 4.77. The molecule has 0 atom stereocenters. The number of rotatable bonds is 4. The van der Waals surface area contributed by atoms with Crippen LogP contribution in [0.4, 0.5) is 0 Å². The maximum atomic E-state index is 5.10. The Morgan fingerprint density at radius 3 is 2.88 bits per heavy atom. The van der Waals surface area contributed by atoms with Crippen molar-refractivity contribution in [3.8, 4) is 0 Å². The van der Waals surface area contributed by atoms with Gasteiger partial charge in [-0.05, 0) is 6.42 Å². The van der Waals surface area contributed by atoms with Gasteiger partial charge >= 0.3 is 0 Å². The SMILES string of the molecule is C=C(N)NOCCC. The second-order valence-corrected chi connectivity index (χ2v) is 1.48. The highest BCUT2D eigenvalue weighted by molar-refractivity contribution is 4.76. The van der Waals surface area contributed by atoms with Crippen LogP contribution >= 0.6 is 0 Å². The van der Waals surface area contributed by atoms with Gasteiger partial charge in [0.05, 0.1) is 6.61 Å². The molecule has 48 valence electrons. The third-order valence-electron chi connectivity index (χ3n) is 0.509. The number of hydrogen-bond acceptors (Lipinski definition) is 3. The predicted molar refractivity (Wildman–Crippen MR) is 32.7 cm³/mol. The monoisotopic (exact) mass is 116 g/mol. The van der Waals surface area contributed by atoms with Crippen LogP contribution in [0.1, 0.15) is 13.3 Å². The Morgan fingerprint density at radius 2 is 2.50 bits per heavy atom. The van der Waals surface area contributed by atoms with E-state index in [4.69, 9.17) is 10.6 Å². The first-order valence-electron chi connectivity index (χ1n) is 2.59. The van der Waals surface area contributed by atoms with Gasteiger partial charge in [0, 0.05) is 0 Å². The van der Waals surface area contributed by atoms with Crippen LogP contribution in [0.3, 0.4) is 0 Å². The fourth-order valence-electron chi connectivity index (χ4n) is 0.246. The highest BCUT2D eigenvalue weighted by Crippen LogP contribution is 1.75. The van der Waals surface area contributed by atoms with Crippen molar-refractivity contribution in [3.63, 3.8) is 0 Å². The van der Waals surface area contributed by atoms with Crippen LogP contribution in [0.2, 0.25) is 0 Å². The van der Waals surface area contributed by atoms with E-state index in [0.29, 0.717) is 12.4 Å². The lowest BCUT2D eigenvalue weighted by molar-refractivity contribution is 0.0627. The van der Waals surface area contributed by atoms with E-state index in [9.17, 15) is 0 Å². The molecule has 0 aromatic rings. The van der Waals surface area contributed by atoms with E-state index in [1.807, 2.05) is 6.92 Å². The molecule has 8 heavy (non-hydrogen) atoms. The molecule has 3 N–H and O–H groups in total. The van der Waals surface area contributed by atoms with Gasteiger partial charge in [-0.2, -0.15) is 0 Å². The lowest BCUT2D eigenvalue weighted by atomic mass is 10.5. The zero-order chi connectivity index (χ0) is 6.41. The van der Waals surface area contributed by atoms with E-state index in [0.717, 1.165) is 6.42 Å². The number of hydrogen-bond donors (Lipinski definition) is 2. The van der Waals surface area contributed by atoms with Crippen molar-refractivity contribution in [2.24, 2.45) is 5.73 Å². The summed E-state index contributed by atoms with van der Waals surface area (Å²) in [6, 6.07) is 0. The van der Waals surface area contributed by atoms with Gasteiger partial charge in [-0.15, -0.1) is 0 Å². The van der Waals surface area contributed by atoms with Crippen LogP contribution in [-0.2, 0) is 4.84 Å². The standard InChI is InChI=1S/C5H12N2O/c1-3-4-8-7-5(2)6/h7H,2-4,6H2,1H3. The zero-order valence-corrected chi connectivity index (χ0v) is 5.11. The van der Waals surface area contributed by atoms with Crippen LogP contribution in [0.5, 0.6) is 0 Å². The van der Waals surface area contributed by atoms with Crippen LogP contribution in [0.15, 0.2) is 12.4 Å². The van der Waals surface area contributed by atoms with E-state index >= 15 is 0 Å². The molecular formula is C5H12N2O. The Labute approximate surface area is 49.5 Å². The Morgan fingerprint density at radius 1 is 1.88 bits per heavy atom. The van der Waals surface area contributed by atoms with E-state index in [1.165, 1.54) is 0 Å². The van der Waals surface area contributed by atoms with Crippen molar-refractivity contribution >= 4 is 0 Å². The first kappa shape index (κ1) is 7.30. The molecule has 0 radical (unpaired) electrons. The van der Waals surface area contributed by atoms with E-state index < -0.39 is 0 Å². The molecule has 0 aromatic heterocycles. The van der Waals surface area contributed by atoms with Gasteiger partial charge in [-0.1, -0.05) is 13.5 Å². The van der Waals surface area contributed by atoms with E-state index in [2.05, 4.69) is 12.1 Å². The first-order valence-corrected chi connectivity index (χ1v) is 2.59. The Hall–Kier alpha value is -0.700. The van der Waals surface area contributed by atoms with Gasteiger partial charge in [0.15, 0.2) is 0 Å². The number of nitrogens with one attached hydrogen (secondary N) is 1. The molecule has 0 aliphatic heterocycles. The summed E-state index contributed by atoms with van der Waals surface area (Å²) in [6.45, 7) is 6.05. The molecule has 0 bridgehead atoms. The molecule has 0 heterocycles. The third-order valence-corrected chi connectivity index (χ3v) is 0.509.